The Morgan fingerprint density at radius 3 is 2.24 bits per heavy atom. The van der Waals surface area contributed by atoms with Crippen molar-refractivity contribution >= 4 is 12.1 Å². The molecule has 0 saturated carbocycles. The molecular weight excluding hydrogens is 270 g/mol. The Kier molecular flexibility index (Phi) is 9.06. The second-order valence-corrected chi connectivity index (χ2v) is 6.63. The fourth-order valence-corrected chi connectivity index (χ4v) is 1.52. The number of amides is 1. The first-order valence-electron chi connectivity index (χ1n) is 7.75. The van der Waals surface area contributed by atoms with Gasteiger partial charge in [0.15, 0.2) is 0 Å². The number of unbranched alkanes of at least 4 members (excludes halogenated alkanes) is 3. The predicted octanol–water partition coefficient (Wildman–Crippen LogP) is 3.61. The van der Waals surface area contributed by atoms with Gasteiger partial charge < -0.3 is 9.47 Å². The first-order chi connectivity index (χ1) is 9.69. The zero-order valence-electron chi connectivity index (χ0n) is 14.4. The quantitative estimate of drug-likeness (QED) is 0.507. The van der Waals surface area contributed by atoms with Gasteiger partial charge in [0.1, 0.15) is 6.04 Å². The molecule has 0 spiro atoms. The van der Waals surface area contributed by atoms with Gasteiger partial charge in [-0.25, -0.2) is 9.59 Å². The van der Waals surface area contributed by atoms with Crippen LogP contribution in [0.1, 0.15) is 60.3 Å². The van der Waals surface area contributed by atoms with E-state index in [1.165, 1.54) is 4.90 Å². The smallest absolute Gasteiger partial charge is 0.410 e. The summed E-state index contributed by atoms with van der Waals surface area (Å²) < 4.78 is 10.4. The van der Waals surface area contributed by atoms with E-state index in [0.717, 1.165) is 25.7 Å². The van der Waals surface area contributed by atoms with Gasteiger partial charge in [0, 0.05) is 7.05 Å². The number of carbonyl (C=O) groups excluding carboxylic acids is 2. The highest BCUT2D eigenvalue weighted by atomic mass is 16.6. The Bertz CT molecular complexity index is 323. The second kappa shape index (κ2) is 9.64. The molecule has 0 saturated heterocycles. The first-order valence-corrected chi connectivity index (χ1v) is 7.75. The third-order valence-corrected chi connectivity index (χ3v) is 3.08. The molecule has 0 aromatic carbocycles. The van der Waals surface area contributed by atoms with Crippen molar-refractivity contribution in [3.63, 3.8) is 0 Å². The van der Waals surface area contributed by atoms with Crippen LogP contribution in [0.5, 0.6) is 0 Å². The van der Waals surface area contributed by atoms with Crippen molar-refractivity contribution in [2.24, 2.45) is 5.41 Å². The van der Waals surface area contributed by atoms with Crippen molar-refractivity contribution in [3.8, 4) is 0 Å². The average Bonchev–Trinajstić information content (AvgIpc) is 2.41. The maximum Gasteiger partial charge on any atom is 0.410 e. The summed E-state index contributed by atoms with van der Waals surface area (Å²) in [5.74, 6) is -0.387. The average molecular weight is 301 g/mol. The summed E-state index contributed by atoms with van der Waals surface area (Å²) in [6, 6.07) is -0.636. The van der Waals surface area contributed by atoms with E-state index < -0.39 is 12.1 Å². The molecule has 21 heavy (non-hydrogen) atoms. The van der Waals surface area contributed by atoms with Crippen LogP contribution in [0.4, 0.5) is 4.79 Å². The Morgan fingerprint density at radius 1 is 1.10 bits per heavy atom. The molecule has 0 bridgehead atoms. The van der Waals surface area contributed by atoms with Crippen LogP contribution in [0.3, 0.4) is 0 Å². The van der Waals surface area contributed by atoms with Crippen LogP contribution in [0.15, 0.2) is 0 Å². The topological polar surface area (TPSA) is 55.8 Å². The number of nitrogens with zero attached hydrogens (tertiary/aromatic N) is 1. The number of carbonyl (C=O) groups is 2. The van der Waals surface area contributed by atoms with Crippen LogP contribution in [0.25, 0.3) is 0 Å². The molecule has 0 aromatic heterocycles. The summed E-state index contributed by atoms with van der Waals surface area (Å²) in [4.78, 5) is 25.0. The van der Waals surface area contributed by atoms with E-state index >= 15 is 0 Å². The number of likely N-dealkylation sites (N-methyl/N-ethyl adjacent to an activating group) is 1. The molecule has 1 unspecified atom stereocenters. The summed E-state index contributed by atoms with van der Waals surface area (Å²) in [7, 11) is 1.55. The molecule has 0 aliphatic heterocycles. The highest BCUT2D eigenvalue weighted by Gasteiger charge is 2.25. The lowest BCUT2D eigenvalue weighted by Crippen LogP contribution is -2.42. The highest BCUT2D eigenvalue weighted by molar-refractivity contribution is 5.80. The summed E-state index contributed by atoms with van der Waals surface area (Å²) >= 11 is 0. The molecule has 0 heterocycles. The summed E-state index contributed by atoms with van der Waals surface area (Å²) in [5, 5.41) is 0. The molecule has 5 heteroatoms. The van der Waals surface area contributed by atoms with Crippen molar-refractivity contribution in [1.29, 1.82) is 0 Å². The normalized spacial score (nSPS) is 12.7. The van der Waals surface area contributed by atoms with Crippen molar-refractivity contribution in [2.45, 2.75) is 66.3 Å². The minimum Gasteiger partial charge on any atom is -0.464 e. The van der Waals surface area contributed by atoms with Gasteiger partial charge in [-0.3, -0.25) is 4.90 Å². The Labute approximate surface area is 129 Å². The van der Waals surface area contributed by atoms with E-state index in [4.69, 9.17) is 9.47 Å². The Hall–Kier alpha value is -1.26. The minimum absolute atomic E-state index is 0.0977. The van der Waals surface area contributed by atoms with Crippen LogP contribution in [0, 0.1) is 5.41 Å². The van der Waals surface area contributed by atoms with Crippen LogP contribution in [0.2, 0.25) is 0 Å². The largest absolute Gasteiger partial charge is 0.464 e. The number of hydrogen-bond donors (Lipinski definition) is 0. The number of ether oxygens (including phenoxy) is 2. The molecule has 1 amide bonds. The van der Waals surface area contributed by atoms with Gasteiger partial charge in [-0.05, 0) is 18.8 Å². The lowest BCUT2D eigenvalue weighted by Gasteiger charge is -2.25. The van der Waals surface area contributed by atoms with Gasteiger partial charge in [0.05, 0.1) is 13.2 Å². The first kappa shape index (κ1) is 19.7. The number of esters is 1. The van der Waals surface area contributed by atoms with Gasteiger partial charge in [-0.15, -0.1) is 0 Å². The van der Waals surface area contributed by atoms with E-state index in [2.05, 4.69) is 6.92 Å². The molecule has 1 atom stereocenters. The second-order valence-electron chi connectivity index (χ2n) is 6.63. The SMILES string of the molecule is CCCCCCOC(=O)C(C)N(C)C(=O)OCC(C)(C)C. The van der Waals surface area contributed by atoms with Crippen molar-refractivity contribution in [1.82, 2.24) is 4.90 Å². The van der Waals surface area contributed by atoms with E-state index in [-0.39, 0.29) is 11.4 Å². The molecule has 124 valence electrons. The van der Waals surface area contributed by atoms with Gasteiger partial charge in [-0.1, -0.05) is 47.0 Å². The van der Waals surface area contributed by atoms with E-state index in [9.17, 15) is 9.59 Å². The minimum atomic E-state index is -0.636. The predicted molar refractivity (Wildman–Crippen MR) is 83.1 cm³/mol. The summed E-state index contributed by atoms with van der Waals surface area (Å²) in [6.45, 7) is 10.4. The lowest BCUT2D eigenvalue weighted by molar-refractivity contribution is -0.148. The van der Waals surface area contributed by atoms with E-state index in [0.29, 0.717) is 13.2 Å². The van der Waals surface area contributed by atoms with E-state index in [1.54, 1.807) is 14.0 Å². The third kappa shape index (κ3) is 9.32. The van der Waals surface area contributed by atoms with Crippen molar-refractivity contribution in [3.05, 3.63) is 0 Å². The maximum absolute atomic E-state index is 11.9. The van der Waals surface area contributed by atoms with Crippen LogP contribution >= 0.6 is 0 Å². The van der Waals surface area contributed by atoms with Crippen LogP contribution in [-0.4, -0.2) is 43.3 Å². The molecule has 0 fully saturated rings. The molecule has 0 aliphatic rings. The number of rotatable bonds is 8. The number of hydrogen-bond acceptors (Lipinski definition) is 4. The molecule has 5 nitrogen and oxygen atoms in total. The van der Waals surface area contributed by atoms with Gasteiger partial charge in [0.25, 0.3) is 0 Å². The molecule has 0 N–H and O–H groups in total. The molecular formula is C16H31NO4. The van der Waals surface area contributed by atoms with E-state index in [1.807, 2.05) is 20.8 Å². The fourth-order valence-electron chi connectivity index (χ4n) is 1.52. The highest BCUT2D eigenvalue weighted by Crippen LogP contribution is 2.14. The van der Waals surface area contributed by atoms with Crippen LogP contribution < -0.4 is 0 Å². The van der Waals surface area contributed by atoms with Crippen molar-refractivity contribution < 1.29 is 19.1 Å². The third-order valence-electron chi connectivity index (χ3n) is 3.08. The molecule has 0 radical (unpaired) electrons. The molecule has 0 aromatic rings. The molecule has 0 aliphatic carbocycles. The maximum atomic E-state index is 11.9. The summed E-state index contributed by atoms with van der Waals surface area (Å²) in [6.07, 6.45) is 3.71. The standard InChI is InChI=1S/C16H31NO4/c1-7-8-9-10-11-20-14(18)13(2)17(6)15(19)21-12-16(3,4)5/h13H,7-12H2,1-6H3. The lowest BCUT2D eigenvalue weighted by atomic mass is 9.99. The summed E-state index contributed by atoms with van der Waals surface area (Å²) in [5.41, 5.74) is -0.0977. The van der Waals surface area contributed by atoms with Gasteiger partial charge >= 0.3 is 12.1 Å². The monoisotopic (exact) mass is 301 g/mol. The Balaban J connectivity index is 4.08. The Morgan fingerprint density at radius 2 is 1.71 bits per heavy atom. The van der Waals surface area contributed by atoms with Gasteiger partial charge in [0.2, 0.25) is 0 Å². The van der Waals surface area contributed by atoms with Crippen molar-refractivity contribution in [2.75, 3.05) is 20.3 Å². The molecule has 0 rings (SSSR count). The van der Waals surface area contributed by atoms with Crippen LogP contribution in [-0.2, 0) is 14.3 Å². The zero-order valence-corrected chi connectivity index (χ0v) is 14.4. The zero-order chi connectivity index (χ0) is 16.5. The van der Waals surface area contributed by atoms with Gasteiger partial charge in [-0.2, -0.15) is 0 Å². The fraction of sp³-hybridized carbons (Fsp3) is 0.875.